The lowest BCUT2D eigenvalue weighted by molar-refractivity contribution is -0.459. The smallest absolute Gasteiger partial charge is 0.216 e. The van der Waals surface area contributed by atoms with Crippen molar-refractivity contribution in [1.82, 2.24) is 0 Å². The fraction of sp³-hybridized carbons (Fsp3) is 0.714. The molecule has 11 heavy (non-hydrogen) atoms. The number of piperidine rings is 1. The molecule has 1 heterocycles. The molecule has 0 radical (unpaired) electrons. The lowest BCUT2D eigenvalue weighted by atomic mass is 10.1. The second-order valence-electron chi connectivity index (χ2n) is 3.79. The van der Waals surface area contributed by atoms with Gasteiger partial charge in [-0.05, 0) is 10.9 Å². The van der Waals surface area contributed by atoms with E-state index in [1.165, 1.54) is 0 Å². The minimum Gasteiger partial charge on any atom is -0.216 e. The first-order valence-electron chi connectivity index (χ1n) is 3.57. The highest BCUT2D eigenvalue weighted by Crippen LogP contribution is 2.62. The Bertz CT molecular complexity index is 267. The summed E-state index contributed by atoms with van der Waals surface area (Å²) in [5, 5.41) is 0. The van der Waals surface area contributed by atoms with Crippen LogP contribution in [-0.2, 0) is 9.59 Å². The van der Waals surface area contributed by atoms with Gasteiger partial charge in [0.25, 0.3) is 0 Å². The van der Waals surface area contributed by atoms with Crippen LogP contribution in [0.2, 0.25) is 0 Å². The zero-order valence-corrected chi connectivity index (χ0v) is 6.42. The van der Waals surface area contributed by atoms with Crippen molar-refractivity contribution < 1.29 is 14.3 Å². The average molecular weight is 153 g/mol. The fourth-order valence-corrected chi connectivity index (χ4v) is 1.95. The summed E-state index contributed by atoms with van der Waals surface area (Å²) in [5.41, 5.74) is 6.84. The SMILES string of the molecule is CC1(C)C2C(=O)[N+](=N)C(=O)C21. The summed E-state index contributed by atoms with van der Waals surface area (Å²) in [6.07, 6.45) is 0. The molecule has 0 spiro atoms. The number of hydrogen-bond acceptors (Lipinski definition) is 3. The molecule has 0 aromatic rings. The van der Waals surface area contributed by atoms with E-state index in [4.69, 9.17) is 5.53 Å². The zero-order valence-electron chi connectivity index (χ0n) is 6.42. The van der Waals surface area contributed by atoms with Crippen LogP contribution >= 0.6 is 0 Å². The van der Waals surface area contributed by atoms with E-state index in [1.54, 1.807) is 0 Å². The molecular formula is C7H9N2O2+. The predicted octanol–water partition coefficient (Wildman–Crippen LogP) is 0.369. The van der Waals surface area contributed by atoms with Gasteiger partial charge in [0.05, 0.1) is 0 Å². The standard InChI is InChI=1S/C7H9N2O2/c1-7(2)3-4(7)6(11)9(8)5(3)10/h3-4,8H,1-2H3/q+1. The molecule has 1 saturated heterocycles. The topological polar surface area (TPSA) is 61.0 Å². The first-order valence-corrected chi connectivity index (χ1v) is 3.57. The van der Waals surface area contributed by atoms with Crippen molar-refractivity contribution in [3.8, 4) is 0 Å². The normalized spacial score (nSPS) is 39.3. The summed E-state index contributed by atoms with van der Waals surface area (Å²) in [7, 11) is 0. The Morgan fingerprint density at radius 2 is 1.64 bits per heavy atom. The van der Waals surface area contributed by atoms with Gasteiger partial charge in [-0.2, -0.15) is 0 Å². The van der Waals surface area contributed by atoms with E-state index >= 15 is 0 Å². The van der Waals surface area contributed by atoms with E-state index in [9.17, 15) is 9.59 Å². The Morgan fingerprint density at radius 1 is 1.27 bits per heavy atom. The monoisotopic (exact) mass is 153 g/mol. The number of rotatable bonds is 0. The Balaban J connectivity index is 2.42. The molecular weight excluding hydrogens is 144 g/mol. The van der Waals surface area contributed by atoms with E-state index in [1.807, 2.05) is 13.8 Å². The molecule has 1 aliphatic heterocycles. The summed E-state index contributed by atoms with van der Waals surface area (Å²) in [5.74, 6) is -1.06. The van der Waals surface area contributed by atoms with Crippen molar-refractivity contribution in [2.24, 2.45) is 17.3 Å². The van der Waals surface area contributed by atoms with E-state index < -0.39 is 0 Å². The van der Waals surface area contributed by atoms with Gasteiger partial charge in [-0.15, -0.1) is 0 Å². The van der Waals surface area contributed by atoms with Gasteiger partial charge in [0.15, 0.2) is 0 Å². The molecule has 2 fully saturated rings. The maximum absolute atomic E-state index is 11.1. The maximum Gasteiger partial charge on any atom is 0.424 e. The maximum atomic E-state index is 11.1. The fourth-order valence-electron chi connectivity index (χ4n) is 1.95. The lowest BCUT2D eigenvalue weighted by Crippen LogP contribution is -2.25. The van der Waals surface area contributed by atoms with Gasteiger partial charge in [-0.25, -0.2) is 9.59 Å². The Hall–Kier alpha value is -1.06. The van der Waals surface area contributed by atoms with E-state index in [0.717, 1.165) is 0 Å². The van der Waals surface area contributed by atoms with Crippen LogP contribution in [0.25, 0.3) is 0 Å². The summed E-state index contributed by atoms with van der Waals surface area (Å²) < 4.78 is 0.501. The first kappa shape index (κ1) is 6.64. The second-order valence-corrected chi connectivity index (χ2v) is 3.79. The summed E-state index contributed by atoms with van der Waals surface area (Å²) in [6, 6.07) is 0. The molecule has 58 valence electrons. The average Bonchev–Trinajstić information content (AvgIpc) is 2.39. The third-order valence-corrected chi connectivity index (χ3v) is 2.80. The van der Waals surface area contributed by atoms with Crippen LogP contribution in [-0.4, -0.2) is 16.5 Å². The van der Waals surface area contributed by atoms with Crippen LogP contribution in [0.1, 0.15) is 13.8 Å². The predicted molar refractivity (Wildman–Crippen MR) is 33.8 cm³/mol. The van der Waals surface area contributed by atoms with E-state index in [-0.39, 0.29) is 29.1 Å². The van der Waals surface area contributed by atoms with Crippen LogP contribution in [0.15, 0.2) is 0 Å². The lowest BCUT2D eigenvalue weighted by Gasteiger charge is -1.99. The minimum absolute atomic E-state index is 0.175. The third-order valence-electron chi connectivity index (χ3n) is 2.80. The molecule has 1 N–H and O–H groups in total. The van der Waals surface area contributed by atoms with Crippen LogP contribution in [0.3, 0.4) is 0 Å². The number of amides is 2. The largest absolute Gasteiger partial charge is 0.424 e. The third kappa shape index (κ3) is 0.514. The van der Waals surface area contributed by atoms with Crippen molar-refractivity contribution in [3.05, 3.63) is 0 Å². The van der Waals surface area contributed by atoms with Gasteiger partial charge in [0, 0.05) is 4.70 Å². The zero-order chi connectivity index (χ0) is 8.39. The van der Waals surface area contributed by atoms with Gasteiger partial charge < -0.3 is 0 Å². The van der Waals surface area contributed by atoms with E-state index in [0.29, 0.717) is 4.70 Å². The van der Waals surface area contributed by atoms with Crippen molar-refractivity contribution in [2.45, 2.75) is 13.8 Å². The number of carbonyl (C=O) groups excluding carboxylic acids is 2. The molecule has 2 amide bonds. The van der Waals surface area contributed by atoms with Gasteiger partial charge >= 0.3 is 11.8 Å². The molecule has 4 nitrogen and oxygen atoms in total. The summed E-state index contributed by atoms with van der Waals surface area (Å²) >= 11 is 0. The number of nitrogens with one attached hydrogen (secondary N) is 1. The first-order chi connectivity index (χ1) is 4.98. The van der Waals surface area contributed by atoms with Crippen molar-refractivity contribution in [1.29, 1.82) is 5.53 Å². The van der Waals surface area contributed by atoms with Crippen LogP contribution in [0, 0.1) is 22.8 Å². The highest BCUT2D eigenvalue weighted by Gasteiger charge is 2.78. The molecule has 1 aliphatic carbocycles. The van der Waals surface area contributed by atoms with Gasteiger partial charge in [-0.1, -0.05) is 13.8 Å². The Morgan fingerprint density at radius 3 is 1.91 bits per heavy atom. The number of hydrogen-bond donors (Lipinski definition) is 1. The molecule has 0 bridgehead atoms. The van der Waals surface area contributed by atoms with Crippen molar-refractivity contribution in [2.75, 3.05) is 0 Å². The van der Waals surface area contributed by atoms with Crippen molar-refractivity contribution in [3.63, 3.8) is 0 Å². The molecule has 0 aromatic heterocycles. The van der Waals surface area contributed by atoms with Gasteiger partial charge in [-0.3, -0.25) is 0 Å². The Labute approximate surface area is 63.7 Å². The Kier molecular flexibility index (Phi) is 0.855. The molecule has 4 heteroatoms. The quantitative estimate of drug-likeness (QED) is 0.403. The number of imide groups is 1. The molecule has 2 unspecified atom stereocenters. The van der Waals surface area contributed by atoms with Crippen molar-refractivity contribution >= 4 is 11.8 Å². The second kappa shape index (κ2) is 1.42. The molecule has 2 aliphatic rings. The number of nitrogens with zero attached hydrogens (tertiary/aromatic N) is 1. The number of fused-ring (bicyclic) bond motifs is 1. The minimum atomic E-state index is -0.329. The van der Waals surface area contributed by atoms with Gasteiger partial charge in [0.1, 0.15) is 11.8 Å². The molecule has 2 atom stereocenters. The van der Waals surface area contributed by atoms with Crippen LogP contribution in [0.4, 0.5) is 0 Å². The summed E-state index contributed by atoms with van der Waals surface area (Å²) in [6.45, 7) is 3.79. The summed E-state index contributed by atoms with van der Waals surface area (Å²) in [4.78, 5) is 22.2. The highest BCUT2D eigenvalue weighted by atomic mass is 16.2. The van der Waals surface area contributed by atoms with Gasteiger partial charge in [0.2, 0.25) is 0 Å². The van der Waals surface area contributed by atoms with E-state index in [2.05, 4.69) is 0 Å². The molecule has 0 aromatic carbocycles. The van der Waals surface area contributed by atoms with Crippen LogP contribution < -0.4 is 0 Å². The molecule has 2 rings (SSSR count). The van der Waals surface area contributed by atoms with Crippen LogP contribution in [0.5, 0.6) is 0 Å². The molecule has 1 saturated carbocycles. The highest BCUT2D eigenvalue weighted by molar-refractivity contribution is 5.98. The number of carbonyl (C=O) groups is 2.